The number of carbonyl (C=O) groups excluding carboxylic acids is 1. The number of fused-ring (bicyclic) bond motifs is 1. The van der Waals surface area contributed by atoms with E-state index in [1.807, 2.05) is 37.4 Å². The van der Waals surface area contributed by atoms with Crippen molar-refractivity contribution in [3.05, 3.63) is 36.0 Å². The maximum Gasteiger partial charge on any atom is 0.254 e. The zero-order valence-corrected chi connectivity index (χ0v) is 11.0. The van der Waals surface area contributed by atoms with Gasteiger partial charge in [-0.3, -0.25) is 4.79 Å². The number of rotatable bonds is 3. The molecular weight excluding hydrogens is 240 g/mol. The number of hydrogen-bond donors (Lipinski definition) is 2. The molecule has 4 heteroatoms. The van der Waals surface area contributed by atoms with Crippen LogP contribution in [0, 0.1) is 0 Å². The van der Waals surface area contributed by atoms with Crippen LogP contribution in [0.3, 0.4) is 0 Å². The van der Waals surface area contributed by atoms with Gasteiger partial charge in [-0.15, -0.1) is 0 Å². The fourth-order valence-electron chi connectivity index (χ4n) is 2.87. The zero-order valence-electron chi connectivity index (χ0n) is 11.0. The molecule has 1 aromatic carbocycles. The Bertz CT molecular complexity index is 611. The molecule has 1 aliphatic rings. The molecule has 1 saturated heterocycles. The molecule has 0 bridgehead atoms. The lowest BCUT2D eigenvalue weighted by molar-refractivity contribution is -0.0859. The Morgan fingerprint density at radius 2 is 2.21 bits per heavy atom. The number of amides is 1. The van der Waals surface area contributed by atoms with Gasteiger partial charge in [0.25, 0.3) is 5.91 Å². The first kappa shape index (κ1) is 12.2. The lowest BCUT2D eigenvalue weighted by Gasteiger charge is -2.46. The van der Waals surface area contributed by atoms with Crippen LogP contribution in [-0.2, 0) is 0 Å². The highest BCUT2D eigenvalue weighted by atomic mass is 16.3. The van der Waals surface area contributed by atoms with Crippen molar-refractivity contribution in [2.45, 2.75) is 25.4 Å². The first-order valence-electron chi connectivity index (χ1n) is 6.71. The van der Waals surface area contributed by atoms with E-state index >= 15 is 0 Å². The third-order valence-electron chi connectivity index (χ3n) is 3.80. The van der Waals surface area contributed by atoms with Gasteiger partial charge in [-0.25, -0.2) is 0 Å². The Balaban J connectivity index is 1.81. The van der Waals surface area contributed by atoms with Gasteiger partial charge in [-0.05, 0) is 24.6 Å². The van der Waals surface area contributed by atoms with Crippen molar-refractivity contribution in [2.75, 3.05) is 13.1 Å². The molecule has 2 N–H and O–H groups in total. The normalized spacial score (nSPS) is 17.5. The lowest BCUT2D eigenvalue weighted by atomic mass is 9.88. The van der Waals surface area contributed by atoms with Crippen molar-refractivity contribution < 1.29 is 9.90 Å². The summed E-state index contributed by atoms with van der Waals surface area (Å²) >= 11 is 0. The molecule has 100 valence electrons. The molecule has 19 heavy (non-hydrogen) atoms. The van der Waals surface area contributed by atoms with E-state index in [0.29, 0.717) is 18.7 Å². The van der Waals surface area contributed by atoms with Gasteiger partial charge in [0.2, 0.25) is 0 Å². The Hall–Kier alpha value is -1.81. The predicted octanol–water partition coefficient (Wildman–Crippen LogP) is 2.15. The monoisotopic (exact) mass is 258 g/mol. The first-order valence-corrected chi connectivity index (χ1v) is 6.71. The van der Waals surface area contributed by atoms with Crippen molar-refractivity contribution in [3.63, 3.8) is 0 Å². The van der Waals surface area contributed by atoms with Gasteiger partial charge < -0.3 is 15.0 Å². The second kappa shape index (κ2) is 4.38. The van der Waals surface area contributed by atoms with Gasteiger partial charge in [-0.1, -0.05) is 19.4 Å². The summed E-state index contributed by atoms with van der Waals surface area (Å²) in [7, 11) is 0. The Morgan fingerprint density at radius 3 is 2.95 bits per heavy atom. The highest BCUT2D eigenvalue weighted by molar-refractivity contribution is 6.06. The molecular formula is C15H18N2O2. The topological polar surface area (TPSA) is 56.3 Å². The van der Waals surface area contributed by atoms with Crippen LogP contribution in [0.15, 0.2) is 30.5 Å². The number of nitrogens with one attached hydrogen (secondary N) is 1. The average molecular weight is 258 g/mol. The summed E-state index contributed by atoms with van der Waals surface area (Å²) in [5.74, 6) is 0.00554. The molecule has 0 saturated carbocycles. The summed E-state index contributed by atoms with van der Waals surface area (Å²) in [5.41, 5.74) is 1.00. The van der Waals surface area contributed by atoms with E-state index in [-0.39, 0.29) is 5.91 Å². The van der Waals surface area contributed by atoms with Crippen LogP contribution >= 0.6 is 0 Å². The molecule has 3 rings (SSSR count). The standard InChI is InChI=1S/C15H18N2O2/c1-2-7-15(19)9-17(10-15)14(18)12-4-3-5-13-11(12)6-8-16-13/h3-6,8,16,19H,2,7,9-10H2,1H3. The van der Waals surface area contributed by atoms with E-state index in [1.54, 1.807) is 4.90 Å². The number of carbonyl (C=O) groups is 1. The number of aliphatic hydroxyl groups is 1. The smallest absolute Gasteiger partial charge is 0.254 e. The highest BCUT2D eigenvalue weighted by Crippen LogP contribution is 2.28. The molecule has 1 aromatic heterocycles. The van der Waals surface area contributed by atoms with Crippen LogP contribution in [0.1, 0.15) is 30.1 Å². The average Bonchev–Trinajstić information content (AvgIpc) is 2.83. The number of benzene rings is 1. The molecule has 0 unspecified atom stereocenters. The van der Waals surface area contributed by atoms with E-state index in [9.17, 15) is 9.90 Å². The van der Waals surface area contributed by atoms with Crippen LogP contribution in [-0.4, -0.2) is 39.6 Å². The predicted molar refractivity (Wildman–Crippen MR) is 74.1 cm³/mol. The van der Waals surface area contributed by atoms with Gasteiger partial charge >= 0.3 is 0 Å². The summed E-state index contributed by atoms with van der Waals surface area (Å²) in [5, 5.41) is 11.1. The number of aromatic nitrogens is 1. The summed E-state index contributed by atoms with van der Waals surface area (Å²) in [6.07, 6.45) is 3.53. The molecule has 1 aliphatic heterocycles. The third-order valence-corrected chi connectivity index (χ3v) is 3.80. The number of likely N-dealkylation sites (tertiary alicyclic amines) is 1. The van der Waals surface area contributed by atoms with Crippen LogP contribution in [0.5, 0.6) is 0 Å². The SMILES string of the molecule is CCCC1(O)CN(C(=O)c2cccc3[nH]ccc23)C1. The van der Waals surface area contributed by atoms with Gasteiger partial charge in [-0.2, -0.15) is 0 Å². The lowest BCUT2D eigenvalue weighted by Crippen LogP contribution is -2.63. The first-order chi connectivity index (χ1) is 9.13. The third kappa shape index (κ3) is 2.02. The fourth-order valence-corrected chi connectivity index (χ4v) is 2.87. The Labute approximate surface area is 112 Å². The summed E-state index contributed by atoms with van der Waals surface area (Å²) in [6.45, 7) is 2.93. The molecule has 0 atom stereocenters. The number of β-amino-alcohol motifs (C(OH)–C–C–N with tert-alkyl or cyclic N) is 1. The Kier molecular flexibility index (Phi) is 2.82. The largest absolute Gasteiger partial charge is 0.386 e. The highest BCUT2D eigenvalue weighted by Gasteiger charge is 2.43. The molecule has 0 aliphatic carbocycles. The van der Waals surface area contributed by atoms with E-state index in [0.717, 1.165) is 23.7 Å². The summed E-state index contributed by atoms with van der Waals surface area (Å²) < 4.78 is 0. The van der Waals surface area contributed by atoms with E-state index in [2.05, 4.69) is 4.98 Å². The number of aromatic amines is 1. The van der Waals surface area contributed by atoms with Gasteiger partial charge in [0.1, 0.15) is 0 Å². The van der Waals surface area contributed by atoms with Crippen LogP contribution < -0.4 is 0 Å². The number of H-pyrrole nitrogens is 1. The number of nitrogens with zero attached hydrogens (tertiary/aromatic N) is 1. The minimum Gasteiger partial charge on any atom is -0.386 e. The quantitative estimate of drug-likeness (QED) is 0.886. The van der Waals surface area contributed by atoms with E-state index < -0.39 is 5.60 Å². The van der Waals surface area contributed by atoms with Crippen LogP contribution in [0.2, 0.25) is 0 Å². The van der Waals surface area contributed by atoms with Crippen molar-refractivity contribution in [1.82, 2.24) is 9.88 Å². The van der Waals surface area contributed by atoms with Gasteiger partial charge in [0.05, 0.1) is 18.7 Å². The molecule has 1 amide bonds. The second-order valence-electron chi connectivity index (χ2n) is 5.38. The molecule has 0 spiro atoms. The fraction of sp³-hybridized carbons (Fsp3) is 0.400. The number of hydrogen-bond acceptors (Lipinski definition) is 2. The molecule has 1 fully saturated rings. The Morgan fingerprint density at radius 1 is 1.42 bits per heavy atom. The van der Waals surface area contributed by atoms with Crippen molar-refractivity contribution in [1.29, 1.82) is 0 Å². The molecule has 0 radical (unpaired) electrons. The van der Waals surface area contributed by atoms with Crippen LogP contribution in [0.4, 0.5) is 0 Å². The molecule has 2 heterocycles. The zero-order chi connectivity index (χ0) is 13.5. The second-order valence-corrected chi connectivity index (χ2v) is 5.38. The minimum absolute atomic E-state index is 0.00554. The van der Waals surface area contributed by atoms with Crippen LogP contribution in [0.25, 0.3) is 10.9 Å². The summed E-state index contributed by atoms with van der Waals surface area (Å²) in [6, 6.07) is 7.59. The van der Waals surface area contributed by atoms with E-state index in [1.165, 1.54) is 0 Å². The van der Waals surface area contributed by atoms with Crippen molar-refractivity contribution >= 4 is 16.8 Å². The molecule has 2 aromatic rings. The summed E-state index contributed by atoms with van der Waals surface area (Å²) in [4.78, 5) is 17.3. The maximum atomic E-state index is 12.4. The molecule has 4 nitrogen and oxygen atoms in total. The maximum absolute atomic E-state index is 12.4. The van der Waals surface area contributed by atoms with Crippen molar-refractivity contribution in [3.8, 4) is 0 Å². The van der Waals surface area contributed by atoms with Gasteiger partial charge in [0.15, 0.2) is 0 Å². The minimum atomic E-state index is -0.670. The van der Waals surface area contributed by atoms with E-state index in [4.69, 9.17) is 0 Å². The van der Waals surface area contributed by atoms with Gasteiger partial charge in [0, 0.05) is 22.7 Å². The van der Waals surface area contributed by atoms with Crippen molar-refractivity contribution in [2.24, 2.45) is 0 Å².